The van der Waals surface area contributed by atoms with E-state index >= 15 is 0 Å². The van der Waals surface area contributed by atoms with Crippen molar-refractivity contribution >= 4 is 67.8 Å². The molecule has 0 heterocycles. The molecule has 0 fully saturated rings. The first-order valence-electron chi connectivity index (χ1n) is 8.80. The van der Waals surface area contributed by atoms with Crippen molar-refractivity contribution in [1.82, 2.24) is 0 Å². The number of benzene rings is 3. The Morgan fingerprint density at radius 2 is 1.83 bits per heavy atom. The largest absolute Gasteiger partial charge is 0.488 e. The molecule has 3 aromatic carbocycles. The second kappa shape index (κ2) is 10.6. The van der Waals surface area contributed by atoms with Crippen LogP contribution in [0.1, 0.15) is 11.1 Å². The number of ether oxygens (including phenoxy) is 1. The van der Waals surface area contributed by atoms with Gasteiger partial charge in [0.2, 0.25) is 0 Å². The van der Waals surface area contributed by atoms with E-state index in [1.807, 2.05) is 42.5 Å². The Morgan fingerprint density at radius 3 is 2.47 bits per heavy atom. The van der Waals surface area contributed by atoms with E-state index < -0.39 is 5.91 Å². The molecule has 0 unspecified atom stereocenters. The molecule has 4 nitrogen and oxygen atoms in total. The van der Waals surface area contributed by atoms with Crippen LogP contribution in [0.25, 0.3) is 6.08 Å². The predicted molar refractivity (Wildman–Crippen MR) is 131 cm³/mol. The fourth-order valence-electron chi connectivity index (χ4n) is 2.51. The predicted octanol–water partition coefficient (Wildman–Crippen LogP) is 6.83. The minimum Gasteiger partial charge on any atom is -0.488 e. The zero-order valence-corrected chi connectivity index (χ0v) is 20.0. The van der Waals surface area contributed by atoms with Crippen molar-refractivity contribution in [2.45, 2.75) is 6.61 Å². The molecule has 0 saturated carbocycles. The van der Waals surface area contributed by atoms with Crippen LogP contribution in [0.5, 0.6) is 5.75 Å². The molecule has 30 heavy (non-hydrogen) atoms. The maximum atomic E-state index is 12.4. The summed E-state index contributed by atoms with van der Waals surface area (Å²) < 4.78 is 7.61. The van der Waals surface area contributed by atoms with Crippen molar-refractivity contribution in [3.05, 3.63) is 96.5 Å². The van der Waals surface area contributed by atoms with Crippen molar-refractivity contribution in [3.8, 4) is 11.8 Å². The first-order valence-corrected chi connectivity index (χ1v) is 11.0. The number of carbonyl (C=O) groups is 1. The zero-order valence-electron chi connectivity index (χ0n) is 15.5. The highest BCUT2D eigenvalue weighted by atomic mass is 127. The molecule has 0 spiro atoms. The Hall–Kier alpha value is -2.34. The van der Waals surface area contributed by atoms with Crippen LogP contribution in [0.2, 0.25) is 5.02 Å². The lowest BCUT2D eigenvalue weighted by molar-refractivity contribution is -0.112. The molecule has 0 aliphatic carbocycles. The smallest absolute Gasteiger partial charge is 0.266 e. The van der Waals surface area contributed by atoms with E-state index in [9.17, 15) is 10.1 Å². The van der Waals surface area contributed by atoms with Crippen molar-refractivity contribution in [3.63, 3.8) is 0 Å². The number of amides is 1. The molecule has 0 saturated heterocycles. The molecule has 1 amide bonds. The number of halogens is 3. The first-order chi connectivity index (χ1) is 14.4. The lowest BCUT2D eigenvalue weighted by Crippen LogP contribution is -2.13. The highest BCUT2D eigenvalue weighted by Crippen LogP contribution is 2.28. The lowest BCUT2D eigenvalue weighted by atomic mass is 10.1. The normalized spacial score (nSPS) is 10.9. The monoisotopic (exact) mass is 592 g/mol. The first kappa shape index (κ1) is 22.3. The van der Waals surface area contributed by atoms with Gasteiger partial charge >= 0.3 is 0 Å². The van der Waals surface area contributed by atoms with E-state index in [-0.39, 0.29) is 5.57 Å². The van der Waals surface area contributed by atoms with Gasteiger partial charge < -0.3 is 10.1 Å². The molecular weight excluding hydrogens is 579 g/mol. The van der Waals surface area contributed by atoms with Crippen LogP contribution in [0.15, 0.2) is 76.8 Å². The maximum absolute atomic E-state index is 12.4. The quantitative estimate of drug-likeness (QED) is 0.194. The molecular formula is C23H15BrClIN2O2. The molecule has 7 heteroatoms. The lowest BCUT2D eigenvalue weighted by Gasteiger charge is -2.09. The van der Waals surface area contributed by atoms with Gasteiger partial charge in [0.25, 0.3) is 5.91 Å². The van der Waals surface area contributed by atoms with E-state index in [4.69, 9.17) is 16.3 Å². The van der Waals surface area contributed by atoms with Gasteiger partial charge in [0.1, 0.15) is 24.0 Å². The third kappa shape index (κ3) is 6.33. The van der Waals surface area contributed by atoms with Crippen LogP contribution >= 0.6 is 50.1 Å². The van der Waals surface area contributed by atoms with Crippen molar-refractivity contribution in [2.75, 3.05) is 5.32 Å². The number of hydrogen-bond donors (Lipinski definition) is 1. The minimum atomic E-state index is -0.460. The summed E-state index contributed by atoms with van der Waals surface area (Å²) in [5.41, 5.74) is 2.34. The molecule has 3 rings (SSSR count). The van der Waals surface area contributed by atoms with Gasteiger partial charge in [-0.25, -0.2) is 0 Å². The van der Waals surface area contributed by atoms with Crippen LogP contribution in [0.4, 0.5) is 5.69 Å². The fraction of sp³-hybridized carbons (Fsp3) is 0.0435. The summed E-state index contributed by atoms with van der Waals surface area (Å²) in [5.74, 6) is 0.196. The average molecular weight is 594 g/mol. The van der Waals surface area contributed by atoms with Crippen LogP contribution < -0.4 is 10.1 Å². The number of anilines is 1. The number of hydrogen-bond acceptors (Lipinski definition) is 3. The number of carbonyl (C=O) groups excluding carboxylic acids is 1. The van der Waals surface area contributed by atoms with E-state index in [0.717, 1.165) is 13.6 Å². The molecule has 0 atom stereocenters. The molecule has 0 radical (unpaired) electrons. The number of rotatable bonds is 6. The third-order valence-corrected chi connectivity index (χ3v) is 5.63. The Labute approximate surface area is 201 Å². The molecule has 0 bridgehead atoms. The van der Waals surface area contributed by atoms with E-state index in [1.165, 1.54) is 6.08 Å². The molecule has 1 N–H and O–H groups in total. The van der Waals surface area contributed by atoms with Crippen molar-refractivity contribution in [2.24, 2.45) is 0 Å². The highest BCUT2D eigenvalue weighted by molar-refractivity contribution is 14.1. The van der Waals surface area contributed by atoms with Gasteiger partial charge in [0.05, 0.1) is 4.47 Å². The average Bonchev–Trinajstić information content (AvgIpc) is 2.74. The van der Waals surface area contributed by atoms with Crippen molar-refractivity contribution < 1.29 is 9.53 Å². The van der Waals surface area contributed by atoms with Gasteiger partial charge in [-0.2, -0.15) is 5.26 Å². The summed E-state index contributed by atoms with van der Waals surface area (Å²) in [6.07, 6.45) is 1.54. The Balaban J connectivity index is 1.69. The number of nitriles is 1. The van der Waals surface area contributed by atoms with Gasteiger partial charge in [-0.15, -0.1) is 0 Å². The van der Waals surface area contributed by atoms with E-state index in [1.54, 1.807) is 30.3 Å². The third-order valence-electron chi connectivity index (χ3n) is 4.04. The highest BCUT2D eigenvalue weighted by Gasteiger charge is 2.10. The summed E-state index contributed by atoms with van der Waals surface area (Å²) in [4.78, 5) is 12.4. The Kier molecular flexibility index (Phi) is 7.91. The fourth-order valence-corrected chi connectivity index (χ4v) is 3.51. The standard InChI is InChI=1S/C23H15BrClIN2O2/c24-21-12-16(3-10-22(21)30-14-15-1-4-18(25)5-2-15)11-17(13-27)23(29)28-20-8-6-19(26)7-9-20/h1-12H,14H2,(H,28,29)/b17-11+. The van der Waals surface area contributed by atoms with E-state index in [0.29, 0.717) is 28.6 Å². The van der Waals surface area contributed by atoms with Crippen LogP contribution in [0, 0.1) is 14.9 Å². The Morgan fingerprint density at radius 1 is 1.13 bits per heavy atom. The summed E-state index contributed by atoms with van der Waals surface area (Å²) in [7, 11) is 0. The summed E-state index contributed by atoms with van der Waals surface area (Å²) in [6.45, 7) is 0.396. The molecule has 0 aliphatic rings. The second-order valence-electron chi connectivity index (χ2n) is 6.24. The summed E-state index contributed by atoms with van der Waals surface area (Å²) in [6, 6.07) is 22.1. The molecule has 0 aromatic heterocycles. The number of nitrogens with zero attached hydrogens (tertiary/aromatic N) is 1. The maximum Gasteiger partial charge on any atom is 0.266 e. The molecule has 3 aromatic rings. The van der Waals surface area contributed by atoms with Crippen LogP contribution in [0.3, 0.4) is 0 Å². The summed E-state index contributed by atoms with van der Waals surface area (Å²) in [5, 5.41) is 12.8. The molecule has 150 valence electrons. The SMILES string of the molecule is N#C/C(=C\c1ccc(OCc2ccc(Cl)cc2)c(Br)c1)C(=O)Nc1ccc(I)cc1. The van der Waals surface area contributed by atoms with Gasteiger partial charge in [0.15, 0.2) is 0 Å². The Bertz CT molecular complexity index is 1120. The van der Waals surface area contributed by atoms with Crippen LogP contribution in [-0.2, 0) is 11.4 Å². The summed E-state index contributed by atoms with van der Waals surface area (Å²) >= 11 is 11.6. The second-order valence-corrected chi connectivity index (χ2v) is 8.77. The van der Waals surface area contributed by atoms with Crippen LogP contribution in [-0.4, -0.2) is 5.91 Å². The number of nitrogens with one attached hydrogen (secondary N) is 1. The van der Waals surface area contributed by atoms with Crippen molar-refractivity contribution in [1.29, 1.82) is 5.26 Å². The minimum absolute atomic E-state index is 0.00952. The van der Waals surface area contributed by atoms with Gasteiger partial charge in [-0.05, 0) is 104 Å². The van der Waals surface area contributed by atoms with E-state index in [2.05, 4.69) is 43.8 Å². The van der Waals surface area contributed by atoms with Gasteiger partial charge in [0, 0.05) is 14.3 Å². The molecule has 0 aliphatic heterocycles. The zero-order chi connectivity index (χ0) is 21.5. The van der Waals surface area contributed by atoms with Gasteiger partial charge in [-0.1, -0.05) is 29.8 Å². The van der Waals surface area contributed by atoms with Gasteiger partial charge in [-0.3, -0.25) is 4.79 Å². The topological polar surface area (TPSA) is 62.1 Å².